The van der Waals surface area contributed by atoms with Gasteiger partial charge in [0.15, 0.2) is 0 Å². The van der Waals surface area contributed by atoms with Crippen LogP contribution in [0.15, 0.2) is 78.9 Å². The molecule has 8 N–H and O–H groups in total. The largest absolute Gasteiger partial charge is 0.489 e. The van der Waals surface area contributed by atoms with Gasteiger partial charge in [-0.05, 0) is 111 Å². The van der Waals surface area contributed by atoms with Gasteiger partial charge in [0, 0.05) is 13.0 Å². The van der Waals surface area contributed by atoms with E-state index in [-0.39, 0.29) is 31.4 Å². The van der Waals surface area contributed by atoms with Crippen molar-refractivity contribution in [3.63, 3.8) is 0 Å². The molecule has 3 aromatic carbocycles. The third kappa shape index (κ3) is 15.5. The third-order valence-corrected chi connectivity index (χ3v) is 10.1. The van der Waals surface area contributed by atoms with Crippen molar-refractivity contribution in [3.8, 4) is 5.75 Å². The summed E-state index contributed by atoms with van der Waals surface area (Å²) in [6, 6.07) is 17.3. The summed E-state index contributed by atoms with van der Waals surface area (Å²) >= 11 is 0. The Bertz CT molecular complexity index is 1690. The van der Waals surface area contributed by atoms with Crippen LogP contribution in [0.3, 0.4) is 0 Å². The van der Waals surface area contributed by atoms with Crippen molar-refractivity contribution in [1.29, 1.82) is 0 Å². The summed E-state index contributed by atoms with van der Waals surface area (Å²) in [5, 5.41) is 11.5. The number of nitrogens with two attached hydrogens (primary N) is 2. The lowest BCUT2D eigenvalue weighted by molar-refractivity contribution is -0.137. The van der Waals surface area contributed by atoms with Gasteiger partial charge in [0.05, 0.1) is 5.56 Å². The molecule has 4 rings (SSSR count). The highest BCUT2D eigenvalue weighted by Crippen LogP contribution is 2.30. The predicted octanol–water partition coefficient (Wildman–Crippen LogP) is 5.96. The molecular weight excluding hydrogens is 738 g/mol. The minimum atomic E-state index is -4.44. The maximum Gasteiger partial charge on any atom is 0.416 e. The number of amides is 4. The van der Waals surface area contributed by atoms with Crippen molar-refractivity contribution in [3.05, 3.63) is 101 Å². The van der Waals surface area contributed by atoms with Crippen molar-refractivity contribution in [1.82, 2.24) is 21.3 Å². The number of hydrogen-bond acceptors (Lipinski definition) is 7. The molecule has 310 valence electrons. The Balaban J connectivity index is 1.50. The van der Waals surface area contributed by atoms with Crippen LogP contribution in [0.5, 0.6) is 5.75 Å². The van der Waals surface area contributed by atoms with E-state index in [9.17, 15) is 32.3 Å². The average Bonchev–Trinajstić information content (AvgIpc) is 3.21. The Kier molecular flexibility index (Phi) is 18.3. The van der Waals surface area contributed by atoms with Gasteiger partial charge in [-0.1, -0.05) is 73.9 Å². The van der Waals surface area contributed by atoms with Gasteiger partial charge in [-0.2, -0.15) is 13.2 Å². The van der Waals surface area contributed by atoms with Gasteiger partial charge in [-0.25, -0.2) is 0 Å². The molecule has 57 heavy (non-hydrogen) atoms. The van der Waals surface area contributed by atoms with Crippen molar-refractivity contribution < 1.29 is 37.1 Å². The molecule has 11 nitrogen and oxygen atoms in total. The first kappa shape index (κ1) is 44.8. The molecule has 3 aromatic rings. The molecule has 1 fully saturated rings. The second kappa shape index (κ2) is 23.3. The molecule has 1 saturated carbocycles. The van der Waals surface area contributed by atoms with Gasteiger partial charge in [-0.3, -0.25) is 19.2 Å². The van der Waals surface area contributed by atoms with Crippen LogP contribution in [0.2, 0.25) is 0 Å². The Morgan fingerprint density at radius 2 is 1.28 bits per heavy atom. The minimum absolute atomic E-state index is 0.00758. The van der Waals surface area contributed by atoms with E-state index in [1.165, 1.54) is 18.6 Å². The molecule has 0 bridgehead atoms. The fourth-order valence-electron chi connectivity index (χ4n) is 6.85. The van der Waals surface area contributed by atoms with Crippen molar-refractivity contribution >= 4 is 23.6 Å². The summed E-state index contributed by atoms with van der Waals surface area (Å²) in [4.78, 5) is 54.8. The number of halogens is 3. The molecule has 0 aliphatic heterocycles. The molecule has 0 radical (unpaired) electrons. The summed E-state index contributed by atoms with van der Waals surface area (Å²) in [6.45, 7) is 1.03. The number of hydrogen-bond donors (Lipinski definition) is 6. The summed E-state index contributed by atoms with van der Waals surface area (Å²) in [6.07, 6.45) is 4.23. The summed E-state index contributed by atoms with van der Waals surface area (Å²) in [5.41, 5.74) is 12.5. The second-order valence-corrected chi connectivity index (χ2v) is 14.7. The normalized spacial score (nSPS) is 14.8. The highest BCUT2D eigenvalue weighted by atomic mass is 19.4. The van der Waals surface area contributed by atoms with Crippen LogP contribution >= 0.6 is 0 Å². The van der Waals surface area contributed by atoms with Gasteiger partial charge >= 0.3 is 6.18 Å². The van der Waals surface area contributed by atoms with Gasteiger partial charge in [0.2, 0.25) is 23.6 Å². The van der Waals surface area contributed by atoms with Crippen LogP contribution in [0.25, 0.3) is 0 Å². The fourth-order valence-corrected chi connectivity index (χ4v) is 6.85. The molecule has 0 saturated heterocycles. The molecule has 0 spiro atoms. The number of alkyl halides is 3. The number of rotatable bonds is 22. The maximum atomic E-state index is 14.1. The zero-order chi connectivity index (χ0) is 41.0. The van der Waals surface area contributed by atoms with E-state index in [0.29, 0.717) is 68.5 Å². The Morgan fingerprint density at radius 3 is 1.88 bits per heavy atom. The van der Waals surface area contributed by atoms with E-state index in [0.717, 1.165) is 43.4 Å². The van der Waals surface area contributed by atoms with E-state index < -0.39 is 47.6 Å². The molecule has 14 heteroatoms. The zero-order valence-corrected chi connectivity index (χ0v) is 32.5. The first-order valence-electron chi connectivity index (χ1n) is 20.0. The standard InChI is InChI=1S/C43H57F3N6O5/c44-43(45,46)34-21-17-32(18-22-34)29-57-35-23-19-33(20-24-35)39(42(56)49-28-31-13-5-2-6-14-31)52-41(55)37(16-8-10-26-48)51-40(54)36(15-7-9-25-47)50-38(53)27-30-11-3-1-4-12-30/h2,5-6,13-14,17-24,30,36-37,39H,1,3-4,7-12,15-16,25-29,47-48H2,(H,49,56)(H,50,53)(H,51,54)(H,52,55)/t36-,37-,39-/m0/s1. The smallest absolute Gasteiger partial charge is 0.416 e. The first-order chi connectivity index (χ1) is 27.5. The van der Waals surface area contributed by atoms with Crippen LogP contribution in [-0.4, -0.2) is 48.8 Å². The molecular formula is C43H57F3N6O5. The molecule has 3 atom stereocenters. The third-order valence-electron chi connectivity index (χ3n) is 10.1. The highest BCUT2D eigenvalue weighted by Gasteiger charge is 2.32. The van der Waals surface area contributed by atoms with E-state index >= 15 is 0 Å². The van der Waals surface area contributed by atoms with Crippen molar-refractivity contribution in [2.24, 2.45) is 17.4 Å². The Labute approximate surface area is 333 Å². The van der Waals surface area contributed by atoms with E-state index in [2.05, 4.69) is 21.3 Å². The lowest BCUT2D eigenvalue weighted by Gasteiger charge is -2.26. The zero-order valence-electron chi connectivity index (χ0n) is 32.5. The number of carbonyl (C=O) groups is 4. The SMILES string of the molecule is NCCCC[C@H](NC(=O)CC1CCCCC1)C(=O)N[C@@H](CCCCN)C(=O)N[C@H](C(=O)NCc1ccccc1)c1ccc(OCc2ccc(C(F)(F)F)cc2)cc1. The van der Waals surface area contributed by atoms with Crippen LogP contribution in [0, 0.1) is 5.92 Å². The Hall–Kier alpha value is -4.95. The van der Waals surface area contributed by atoms with Gasteiger partial charge in [-0.15, -0.1) is 0 Å². The Morgan fingerprint density at radius 1 is 0.684 bits per heavy atom. The van der Waals surface area contributed by atoms with E-state index in [4.69, 9.17) is 16.2 Å². The summed E-state index contributed by atoms with van der Waals surface area (Å²) in [7, 11) is 0. The number of carbonyl (C=O) groups excluding carboxylic acids is 4. The monoisotopic (exact) mass is 794 g/mol. The minimum Gasteiger partial charge on any atom is -0.489 e. The molecule has 4 amide bonds. The number of nitrogens with one attached hydrogen (secondary N) is 4. The quantitative estimate of drug-likeness (QED) is 0.0681. The topological polar surface area (TPSA) is 178 Å². The average molecular weight is 795 g/mol. The summed E-state index contributed by atoms with van der Waals surface area (Å²) in [5.74, 6) is -1.08. The van der Waals surface area contributed by atoms with E-state index in [1.807, 2.05) is 30.3 Å². The number of benzene rings is 3. The maximum absolute atomic E-state index is 14.1. The molecule has 1 aliphatic carbocycles. The lowest BCUT2D eigenvalue weighted by atomic mass is 9.87. The predicted molar refractivity (Wildman–Crippen MR) is 212 cm³/mol. The van der Waals surface area contributed by atoms with E-state index in [1.54, 1.807) is 24.3 Å². The molecule has 0 heterocycles. The second-order valence-electron chi connectivity index (χ2n) is 14.7. The van der Waals surface area contributed by atoms with Gasteiger partial charge in [0.25, 0.3) is 0 Å². The number of unbranched alkanes of at least 4 members (excludes halogenated alkanes) is 2. The summed E-state index contributed by atoms with van der Waals surface area (Å²) < 4.78 is 44.7. The van der Waals surface area contributed by atoms with Crippen LogP contribution in [0.4, 0.5) is 13.2 Å². The van der Waals surface area contributed by atoms with Gasteiger partial charge in [0.1, 0.15) is 30.5 Å². The van der Waals surface area contributed by atoms with Crippen LogP contribution < -0.4 is 37.5 Å². The first-order valence-corrected chi connectivity index (χ1v) is 20.0. The highest BCUT2D eigenvalue weighted by molar-refractivity contribution is 5.94. The van der Waals surface area contributed by atoms with Crippen molar-refractivity contribution in [2.45, 2.75) is 115 Å². The fraction of sp³-hybridized carbons (Fsp3) is 0.488. The molecule has 0 aromatic heterocycles. The van der Waals surface area contributed by atoms with Gasteiger partial charge < -0.3 is 37.5 Å². The van der Waals surface area contributed by atoms with Crippen LogP contribution in [0.1, 0.15) is 105 Å². The number of ether oxygens (including phenoxy) is 1. The van der Waals surface area contributed by atoms with Crippen molar-refractivity contribution in [2.75, 3.05) is 13.1 Å². The lowest BCUT2D eigenvalue weighted by Crippen LogP contribution is -2.55. The molecule has 1 aliphatic rings. The molecule has 0 unspecified atom stereocenters. The van der Waals surface area contributed by atoms with Crippen LogP contribution in [-0.2, 0) is 38.5 Å².